The summed E-state index contributed by atoms with van der Waals surface area (Å²) < 4.78 is 0. The second-order valence-corrected chi connectivity index (χ2v) is 7.47. The van der Waals surface area contributed by atoms with E-state index in [1.54, 1.807) is 0 Å². The smallest absolute Gasteiger partial charge is 0.223 e. The number of hydrogen-bond donors (Lipinski definition) is 1. The molecule has 110 valence electrons. The minimum Gasteiger partial charge on any atom is -0.338 e. The third-order valence-corrected chi connectivity index (χ3v) is 5.14. The van der Waals surface area contributed by atoms with Gasteiger partial charge in [0.2, 0.25) is 5.91 Å². The lowest BCUT2D eigenvalue weighted by Gasteiger charge is -2.33. The molecule has 3 atom stereocenters. The maximum Gasteiger partial charge on any atom is 0.223 e. The lowest BCUT2D eigenvalue weighted by Crippen LogP contribution is -2.47. The summed E-state index contributed by atoms with van der Waals surface area (Å²) >= 11 is 0. The molecule has 3 unspecified atom stereocenters. The summed E-state index contributed by atoms with van der Waals surface area (Å²) in [4.78, 5) is 14.7. The van der Waals surface area contributed by atoms with Crippen LogP contribution in [0.5, 0.6) is 0 Å². The summed E-state index contributed by atoms with van der Waals surface area (Å²) in [6, 6.07) is 1.01. The Bertz CT molecular complexity index is 315. The average molecular weight is 266 g/mol. The van der Waals surface area contributed by atoms with E-state index in [9.17, 15) is 4.79 Å². The number of nitrogens with zero attached hydrogens (tertiary/aromatic N) is 1. The van der Waals surface area contributed by atoms with Gasteiger partial charge >= 0.3 is 0 Å². The van der Waals surface area contributed by atoms with Crippen molar-refractivity contribution in [2.45, 2.75) is 71.9 Å². The van der Waals surface area contributed by atoms with Crippen LogP contribution in [0.3, 0.4) is 0 Å². The largest absolute Gasteiger partial charge is 0.338 e. The summed E-state index contributed by atoms with van der Waals surface area (Å²) in [6.07, 6.45) is 5.57. The minimum absolute atomic E-state index is 0.219. The normalized spacial score (nSPS) is 29.8. The molecule has 1 amide bonds. The van der Waals surface area contributed by atoms with E-state index in [-0.39, 0.29) is 5.41 Å². The zero-order valence-electron chi connectivity index (χ0n) is 13.0. The first kappa shape index (κ1) is 14.8. The van der Waals surface area contributed by atoms with Gasteiger partial charge in [0.25, 0.3) is 0 Å². The summed E-state index contributed by atoms with van der Waals surface area (Å²) in [7, 11) is 0. The molecule has 2 heterocycles. The summed E-state index contributed by atoms with van der Waals surface area (Å²) in [5.74, 6) is 0.816. The Labute approximate surface area is 118 Å². The molecule has 0 aromatic carbocycles. The van der Waals surface area contributed by atoms with Crippen LogP contribution in [0.2, 0.25) is 0 Å². The number of carbonyl (C=O) groups excluding carboxylic acids is 1. The molecule has 2 aliphatic rings. The SMILES string of the molecule is CC(CC(=O)N1CCCC1C1CCCN1)C(C)(C)C. The molecule has 0 spiro atoms. The molecule has 2 rings (SSSR count). The van der Waals surface area contributed by atoms with Gasteiger partial charge in [0.05, 0.1) is 0 Å². The molecule has 1 N–H and O–H groups in total. The van der Waals surface area contributed by atoms with Crippen LogP contribution < -0.4 is 5.32 Å². The van der Waals surface area contributed by atoms with E-state index < -0.39 is 0 Å². The van der Waals surface area contributed by atoms with Crippen LogP contribution in [0.15, 0.2) is 0 Å². The van der Waals surface area contributed by atoms with Gasteiger partial charge in [-0.05, 0) is 43.6 Å². The van der Waals surface area contributed by atoms with Gasteiger partial charge in [0.1, 0.15) is 0 Å². The maximum atomic E-state index is 12.6. The van der Waals surface area contributed by atoms with E-state index in [0.29, 0.717) is 30.3 Å². The predicted molar refractivity (Wildman–Crippen MR) is 79.0 cm³/mol. The molecule has 2 saturated heterocycles. The van der Waals surface area contributed by atoms with Gasteiger partial charge in [-0.15, -0.1) is 0 Å². The van der Waals surface area contributed by atoms with Crippen LogP contribution in [0, 0.1) is 11.3 Å². The van der Waals surface area contributed by atoms with Gasteiger partial charge in [-0.25, -0.2) is 0 Å². The van der Waals surface area contributed by atoms with E-state index in [4.69, 9.17) is 0 Å². The summed E-state index contributed by atoms with van der Waals surface area (Å²) in [5.41, 5.74) is 0.219. The third-order valence-electron chi connectivity index (χ3n) is 5.14. The van der Waals surface area contributed by atoms with Crippen LogP contribution >= 0.6 is 0 Å². The van der Waals surface area contributed by atoms with E-state index >= 15 is 0 Å². The van der Waals surface area contributed by atoms with E-state index in [2.05, 4.69) is 37.9 Å². The van der Waals surface area contributed by atoms with Gasteiger partial charge < -0.3 is 10.2 Å². The van der Waals surface area contributed by atoms with Crippen LogP contribution in [-0.4, -0.2) is 36.0 Å². The quantitative estimate of drug-likeness (QED) is 0.852. The van der Waals surface area contributed by atoms with Crippen molar-refractivity contribution in [1.82, 2.24) is 10.2 Å². The Kier molecular flexibility index (Phi) is 4.54. The zero-order chi connectivity index (χ0) is 14.0. The van der Waals surface area contributed by atoms with Crippen molar-refractivity contribution in [3.63, 3.8) is 0 Å². The minimum atomic E-state index is 0.219. The first-order valence-electron chi connectivity index (χ1n) is 7.92. The molecule has 0 bridgehead atoms. The molecule has 0 aliphatic carbocycles. The second-order valence-electron chi connectivity index (χ2n) is 7.47. The first-order chi connectivity index (χ1) is 8.89. The van der Waals surface area contributed by atoms with Crippen molar-refractivity contribution >= 4 is 5.91 Å². The standard InChI is InChI=1S/C16H30N2O/c1-12(16(2,3)4)11-15(19)18-10-6-8-14(18)13-7-5-9-17-13/h12-14,17H,5-11H2,1-4H3. The van der Waals surface area contributed by atoms with Gasteiger partial charge in [0, 0.05) is 25.0 Å². The predicted octanol–water partition coefficient (Wildman–Crippen LogP) is 2.80. The van der Waals surface area contributed by atoms with Crippen molar-refractivity contribution in [3.05, 3.63) is 0 Å². The highest BCUT2D eigenvalue weighted by Crippen LogP contribution is 2.31. The molecule has 0 radical (unpaired) electrons. The Balaban J connectivity index is 1.94. The van der Waals surface area contributed by atoms with Gasteiger partial charge in [0.15, 0.2) is 0 Å². The lowest BCUT2D eigenvalue weighted by atomic mass is 9.80. The van der Waals surface area contributed by atoms with Gasteiger partial charge in [-0.3, -0.25) is 4.79 Å². The van der Waals surface area contributed by atoms with Gasteiger partial charge in [-0.1, -0.05) is 27.7 Å². The van der Waals surface area contributed by atoms with Crippen LogP contribution in [0.1, 0.15) is 59.8 Å². The summed E-state index contributed by atoms with van der Waals surface area (Å²) in [5, 5.41) is 3.57. The molecule has 2 aliphatic heterocycles. The highest BCUT2D eigenvalue weighted by atomic mass is 16.2. The highest BCUT2D eigenvalue weighted by molar-refractivity contribution is 5.77. The number of nitrogens with one attached hydrogen (secondary N) is 1. The van der Waals surface area contributed by atoms with E-state index in [0.717, 1.165) is 13.1 Å². The van der Waals surface area contributed by atoms with Crippen molar-refractivity contribution < 1.29 is 4.79 Å². The molecule has 3 nitrogen and oxygen atoms in total. The lowest BCUT2D eigenvalue weighted by molar-refractivity contribution is -0.134. The number of rotatable bonds is 3. The second kappa shape index (κ2) is 5.82. The van der Waals surface area contributed by atoms with Crippen molar-refractivity contribution in [2.24, 2.45) is 11.3 Å². The fourth-order valence-corrected chi connectivity index (χ4v) is 3.25. The van der Waals surface area contributed by atoms with E-state index in [1.807, 2.05) is 0 Å². The Morgan fingerprint density at radius 2 is 2.05 bits per heavy atom. The van der Waals surface area contributed by atoms with Crippen LogP contribution in [0.4, 0.5) is 0 Å². The third kappa shape index (κ3) is 3.50. The number of carbonyl (C=O) groups is 1. The molecular formula is C16H30N2O. The Hall–Kier alpha value is -0.570. The number of hydrogen-bond acceptors (Lipinski definition) is 2. The van der Waals surface area contributed by atoms with Crippen LogP contribution in [-0.2, 0) is 4.79 Å². The fourth-order valence-electron chi connectivity index (χ4n) is 3.25. The Morgan fingerprint density at radius 3 is 2.63 bits per heavy atom. The number of likely N-dealkylation sites (tertiary alicyclic amines) is 1. The number of amides is 1. The van der Waals surface area contributed by atoms with Crippen molar-refractivity contribution in [2.75, 3.05) is 13.1 Å². The Morgan fingerprint density at radius 1 is 1.32 bits per heavy atom. The zero-order valence-corrected chi connectivity index (χ0v) is 13.0. The molecule has 3 heteroatoms. The summed E-state index contributed by atoms with van der Waals surface area (Å²) in [6.45, 7) is 11.0. The van der Waals surface area contributed by atoms with E-state index in [1.165, 1.54) is 25.7 Å². The molecule has 0 aromatic heterocycles. The van der Waals surface area contributed by atoms with Crippen molar-refractivity contribution in [3.8, 4) is 0 Å². The molecule has 0 aromatic rings. The monoisotopic (exact) mass is 266 g/mol. The highest BCUT2D eigenvalue weighted by Gasteiger charge is 2.36. The first-order valence-corrected chi connectivity index (χ1v) is 7.92. The molecule has 19 heavy (non-hydrogen) atoms. The van der Waals surface area contributed by atoms with Gasteiger partial charge in [-0.2, -0.15) is 0 Å². The molecule has 0 saturated carbocycles. The molecule has 2 fully saturated rings. The van der Waals surface area contributed by atoms with Crippen LogP contribution in [0.25, 0.3) is 0 Å². The van der Waals surface area contributed by atoms with Crippen molar-refractivity contribution in [1.29, 1.82) is 0 Å². The topological polar surface area (TPSA) is 32.3 Å². The fraction of sp³-hybridized carbons (Fsp3) is 0.938. The average Bonchev–Trinajstić information content (AvgIpc) is 2.98. The maximum absolute atomic E-state index is 12.6. The molecular weight excluding hydrogens is 236 g/mol.